The number of hydrogen-bond donors (Lipinski definition) is 2. The van der Waals surface area contributed by atoms with Gasteiger partial charge in [0.25, 0.3) is 5.91 Å². The Morgan fingerprint density at radius 1 is 1.29 bits per heavy atom. The largest absolute Gasteiger partial charge is 0.350 e. The van der Waals surface area contributed by atoms with Crippen LogP contribution in [0.1, 0.15) is 40.5 Å². The molecule has 0 unspecified atom stereocenters. The number of carbonyl (C=O) groups is 4. The Hall–Kier alpha value is -2.12. The van der Waals surface area contributed by atoms with Crippen LogP contribution < -0.4 is 10.6 Å². The standard InChI is InChI=1S/C16H26N4O4/c1-5-6-11-7-19(10(2)21)8-12(11)17-13(22)9-20-15(24)18-14(23)16(20,3)4/h11-12H,5-9H2,1-4H3,(H,17,22)(H,18,23,24)/t11-,12-/m1/s1. The van der Waals surface area contributed by atoms with Gasteiger partial charge in [-0.3, -0.25) is 19.7 Å². The van der Waals surface area contributed by atoms with Crippen molar-refractivity contribution in [3.63, 3.8) is 0 Å². The van der Waals surface area contributed by atoms with E-state index in [1.54, 1.807) is 18.7 Å². The molecule has 2 heterocycles. The monoisotopic (exact) mass is 338 g/mol. The van der Waals surface area contributed by atoms with Crippen LogP contribution in [0.15, 0.2) is 0 Å². The lowest BCUT2D eigenvalue weighted by molar-refractivity contribution is -0.129. The third-order valence-electron chi connectivity index (χ3n) is 4.89. The van der Waals surface area contributed by atoms with E-state index in [9.17, 15) is 19.2 Å². The van der Waals surface area contributed by atoms with E-state index in [-0.39, 0.29) is 30.3 Å². The summed E-state index contributed by atoms with van der Waals surface area (Å²) in [5.74, 6) is -0.513. The molecule has 2 aliphatic heterocycles. The van der Waals surface area contributed by atoms with E-state index >= 15 is 0 Å². The van der Waals surface area contributed by atoms with E-state index in [0.717, 1.165) is 12.8 Å². The van der Waals surface area contributed by atoms with Crippen LogP contribution in [-0.4, -0.2) is 64.8 Å². The van der Waals surface area contributed by atoms with Crippen molar-refractivity contribution in [1.29, 1.82) is 0 Å². The zero-order chi connectivity index (χ0) is 18.1. The summed E-state index contributed by atoms with van der Waals surface area (Å²) in [6, 6.07) is -0.673. The summed E-state index contributed by atoms with van der Waals surface area (Å²) in [4.78, 5) is 50.5. The second kappa shape index (κ2) is 6.78. The van der Waals surface area contributed by atoms with Crippen LogP contribution in [0.3, 0.4) is 0 Å². The summed E-state index contributed by atoms with van der Waals surface area (Å²) in [5, 5.41) is 5.16. The third kappa shape index (κ3) is 3.52. The highest BCUT2D eigenvalue weighted by atomic mass is 16.2. The molecule has 0 radical (unpaired) electrons. The summed E-state index contributed by atoms with van der Waals surface area (Å²) < 4.78 is 0. The Kier molecular flexibility index (Phi) is 5.15. The highest BCUT2D eigenvalue weighted by molar-refractivity contribution is 6.07. The van der Waals surface area contributed by atoms with Gasteiger partial charge in [-0.1, -0.05) is 13.3 Å². The van der Waals surface area contributed by atoms with Crippen molar-refractivity contribution < 1.29 is 19.2 Å². The molecule has 2 rings (SSSR count). The first-order chi connectivity index (χ1) is 11.2. The predicted octanol–water partition coefficient (Wildman–Crippen LogP) is 0.0800. The molecule has 8 heteroatoms. The summed E-state index contributed by atoms with van der Waals surface area (Å²) >= 11 is 0. The lowest BCUT2D eigenvalue weighted by Gasteiger charge is -2.28. The van der Waals surface area contributed by atoms with Crippen LogP contribution in [0.2, 0.25) is 0 Å². The molecule has 0 aliphatic carbocycles. The van der Waals surface area contributed by atoms with E-state index in [2.05, 4.69) is 17.6 Å². The van der Waals surface area contributed by atoms with Gasteiger partial charge < -0.3 is 15.1 Å². The quantitative estimate of drug-likeness (QED) is 0.694. The van der Waals surface area contributed by atoms with Crippen molar-refractivity contribution >= 4 is 23.8 Å². The van der Waals surface area contributed by atoms with Crippen LogP contribution in [0.25, 0.3) is 0 Å². The Labute approximate surface area is 141 Å². The van der Waals surface area contributed by atoms with E-state index in [0.29, 0.717) is 13.1 Å². The van der Waals surface area contributed by atoms with Gasteiger partial charge in [-0.15, -0.1) is 0 Å². The number of rotatable bonds is 5. The smallest absolute Gasteiger partial charge is 0.325 e. The van der Waals surface area contributed by atoms with E-state index in [1.165, 1.54) is 11.8 Å². The van der Waals surface area contributed by atoms with Crippen molar-refractivity contribution in [2.45, 2.75) is 52.1 Å². The fourth-order valence-electron chi connectivity index (χ4n) is 3.31. The van der Waals surface area contributed by atoms with Gasteiger partial charge in [-0.2, -0.15) is 0 Å². The summed E-state index contributed by atoms with van der Waals surface area (Å²) in [7, 11) is 0. The number of nitrogens with one attached hydrogen (secondary N) is 2. The SMILES string of the molecule is CCC[C@@H]1CN(C(C)=O)C[C@H]1NC(=O)CN1C(=O)NC(=O)C1(C)C. The van der Waals surface area contributed by atoms with E-state index in [1.807, 2.05) is 0 Å². The van der Waals surface area contributed by atoms with Gasteiger partial charge in [0.15, 0.2) is 0 Å². The first-order valence-electron chi connectivity index (χ1n) is 8.34. The topological polar surface area (TPSA) is 98.8 Å². The maximum atomic E-state index is 12.4. The van der Waals surface area contributed by atoms with E-state index < -0.39 is 17.5 Å². The van der Waals surface area contributed by atoms with Gasteiger partial charge >= 0.3 is 6.03 Å². The average molecular weight is 338 g/mol. The van der Waals surface area contributed by atoms with Crippen molar-refractivity contribution in [3.8, 4) is 0 Å². The van der Waals surface area contributed by atoms with Gasteiger partial charge in [0, 0.05) is 20.0 Å². The van der Waals surface area contributed by atoms with Crippen LogP contribution >= 0.6 is 0 Å². The Morgan fingerprint density at radius 2 is 1.96 bits per heavy atom. The number of hydrogen-bond acceptors (Lipinski definition) is 4. The highest BCUT2D eigenvalue weighted by Gasteiger charge is 2.46. The first kappa shape index (κ1) is 18.2. The molecule has 2 atom stereocenters. The summed E-state index contributed by atoms with van der Waals surface area (Å²) in [5.41, 5.74) is -1.04. The number of nitrogens with zero attached hydrogens (tertiary/aromatic N) is 2. The number of imide groups is 1. The molecule has 0 aromatic rings. The Bertz CT molecular complexity index is 560. The molecule has 5 amide bonds. The molecule has 2 N–H and O–H groups in total. The molecule has 8 nitrogen and oxygen atoms in total. The lowest BCUT2D eigenvalue weighted by atomic mass is 9.98. The highest BCUT2D eigenvalue weighted by Crippen LogP contribution is 2.23. The minimum atomic E-state index is -1.04. The molecule has 134 valence electrons. The predicted molar refractivity (Wildman–Crippen MR) is 86.9 cm³/mol. The van der Waals surface area contributed by atoms with Crippen molar-refractivity contribution in [2.75, 3.05) is 19.6 Å². The zero-order valence-corrected chi connectivity index (χ0v) is 14.7. The lowest BCUT2D eigenvalue weighted by Crippen LogP contribution is -2.51. The molecule has 0 saturated carbocycles. The molecule has 0 bridgehead atoms. The Morgan fingerprint density at radius 3 is 2.46 bits per heavy atom. The molecule has 0 aromatic heterocycles. The van der Waals surface area contributed by atoms with Gasteiger partial charge in [-0.25, -0.2) is 4.79 Å². The van der Waals surface area contributed by atoms with Crippen molar-refractivity contribution in [1.82, 2.24) is 20.4 Å². The molecular weight excluding hydrogens is 312 g/mol. The van der Waals surface area contributed by atoms with Crippen LogP contribution in [0, 0.1) is 5.92 Å². The van der Waals surface area contributed by atoms with Gasteiger partial charge in [0.1, 0.15) is 12.1 Å². The van der Waals surface area contributed by atoms with Crippen LogP contribution in [0.5, 0.6) is 0 Å². The fraction of sp³-hybridized carbons (Fsp3) is 0.750. The second-order valence-electron chi connectivity index (χ2n) is 7.05. The summed E-state index contributed by atoms with van der Waals surface area (Å²) in [6.45, 7) is 7.75. The van der Waals surface area contributed by atoms with Crippen molar-refractivity contribution in [2.24, 2.45) is 5.92 Å². The normalized spacial score (nSPS) is 25.8. The number of amides is 5. The number of likely N-dealkylation sites (tertiary alicyclic amines) is 1. The maximum absolute atomic E-state index is 12.4. The molecular formula is C16H26N4O4. The van der Waals surface area contributed by atoms with Gasteiger partial charge in [0.05, 0.1) is 6.04 Å². The molecule has 24 heavy (non-hydrogen) atoms. The maximum Gasteiger partial charge on any atom is 0.325 e. The average Bonchev–Trinajstić information content (AvgIpc) is 2.95. The third-order valence-corrected chi connectivity index (χ3v) is 4.89. The van der Waals surface area contributed by atoms with Crippen molar-refractivity contribution in [3.05, 3.63) is 0 Å². The van der Waals surface area contributed by atoms with Crippen LogP contribution in [0.4, 0.5) is 4.79 Å². The Balaban J connectivity index is 1.99. The number of urea groups is 1. The molecule has 2 saturated heterocycles. The minimum Gasteiger partial charge on any atom is -0.350 e. The van der Waals surface area contributed by atoms with Gasteiger partial charge in [-0.05, 0) is 26.2 Å². The zero-order valence-electron chi connectivity index (χ0n) is 14.7. The second-order valence-corrected chi connectivity index (χ2v) is 7.05. The van der Waals surface area contributed by atoms with Crippen LogP contribution in [-0.2, 0) is 14.4 Å². The summed E-state index contributed by atoms with van der Waals surface area (Å²) in [6.07, 6.45) is 1.89. The molecule has 2 fully saturated rings. The molecule has 2 aliphatic rings. The first-order valence-corrected chi connectivity index (χ1v) is 8.34. The fourth-order valence-corrected chi connectivity index (χ4v) is 3.31. The number of carbonyl (C=O) groups excluding carboxylic acids is 4. The molecule has 0 aromatic carbocycles. The molecule has 0 spiro atoms. The minimum absolute atomic E-state index is 0.00139. The van der Waals surface area contributed by atoms with E-state index in [4.69, 9.17) is 0 Å². The van der Waals surface area contributed by atoms with Gasteiger partial charge in [0.2, 0.25) is 11.8 Å².